The highest BCUT2D eigenvalue weighted by Gasteiger charge is 2.09. The van der Waals surface area contributed by atoms with Gasteiger partial charge in [-0.15, -0.1) is 0 Å². The van der Waals surface area contributed by atoms with Gasteiger partial charge < -0.3 is 10.1 Å². The van der Waals surface area contributed by atoms with Gasteiger partial charge in [0.05, 0.1) is 23.4 Å². The quantitative estimate of drug-likeness (QED) is 0.458. The molecule has 0 fully saturated rings. The Morgan fingerprint density at radius 3 is 2.64 bits per heavy atom. The molecule has 0 aliphatic carbocycles. The molecule has 25 heavy (non-hydrogen) atoms. The number of ether oxygens (including phenoxy) is 1. The number of rotatable bonds is 6. The lowest BCUT2D eigenvalue weighted by Gasteiger charge is -2.05. The molecule has 2 aromatic carbocycles. The molecule has 0 unspecified atom stereocenters. The zero-order chi connectivity index (χ0) is 18.2. The Kier molecular flexibility index (Phi) is 6.80. The second-order valence-corrected chi connectivity index (χ2v) is 5.74. The smallest absolute Gasteiger partial charge is 0.249 e. The number of carbonyl (C=O) groups excluding carboxylic acids is 2. The maximum atomic E-state index is 11.8. The van der Waals surface area contributed by atoms with Gasteiger partial charge in [-0.2, -0.15) is 5.10 Å². The minimum absolute atomic E-state index is 0.312. The number of amides is 2. The van der Waals surface area contributed by atoms with Gasteiger partial charge in [0.15, 0.2) is 0 Å². The number of halogens is 2. The summed E-state index contributed by atoms with van der Waals surface area (Å²) in [6, 6.07) is 11.8. The number of benzene rings is 2. The molecule has 0 bridgehead atoms. The van der Waals surface area contributed by atoms with Crippen molar-refractivity contribution in [1.29, 1.82) is 0 Å². The van der Waals surface area contributed by atoms with Crippen LogP contribution in [0.4, 0.5) is 5.69 Å². The van der Waals surface area contributed by atoms with Gasteiger partial charge in [-0.1, -0.05) is 35.3 Å². The summed E-state index contributed by atoms with van der Waals surface area (Å²) >= 11 is 11.7. The lowest BCUT2D eigenvalue weighted by atomic mass is 10.2. The second-order valence-electron chi connectivity index (χ2n) is 4.92. The van der Waals surface area contributed by atoms with E-state index in [-0.39, 0.29) is 6.42 Å². The van der Waals surface area contributed by atoms with Gasteiger partial charge in [-0.3, -0.25) is 9.59 Å². The molecule has 0 aromatic heterocycles. The Balaban J connectivity index is 1.83. The molecule has 0 heterocycles. The first-order chi connectivity index (χ1) is 12.0. The minimum Gasteiger partial charge on any atom is -0.497 e. The molecule has 2 amide bonds. The van der Waals surface area contributed by atoms with Crippen molar-refractivity contribution in [3.63, 3.8) is 0 Å². The van der Waals surface area contributed by atoms with Crippen molar-refractivity contribution in [3.8, 4) is 5.75 Å². The molecule has 2 N–H and O–H groups in total. The molecule has 8 heteroatoms. The van der Waals surface area contributed by atoms with Crippen LogP contribution in [0.25, 0.3) is 0 Å². The van der Waals surface area contributed by atoms with Crippen LogP contribution in [-0.4, -0.2) is 25.1 Å². The van der Waals surface area contributed by atoms with Gasteiger partial charge in [0.1, 0.15) is 12.2 Å². The van der Waals surface area contributed by atoms with Crippen molar-refractivity contribution < 1.29 is 14.3 Å². The van der Waals surface area contributed by atoms with Crippen molar-refractivity contribution in [1.82, 2.24) is 5.43 Å². The van der Waals surface area contributed by atoms with E-state index >= 15 is 0 Å². The minimum atomic E-state index is -0.545. The van der Waals surface area contributed by atoms with Gasteiger partial charge in [-0.05, 0) is 35.9 Å². The normalized spacial score (nSPS) is 10.5. The van der Waals surface area contributed by atoms with Crippen LogP contribution in [0, 0.1) is 0 Å². The fourth-order valence-corrected chi connectivity index (χ4v) is 2.16. The number of hydrogen-bond donors (Lipinski definition) is 2. The van der Waals surface area contributed by atoms with Crippen LogP contribution in [0.5, 0.6) is 5.75 Å². The number of carbonyl (C=O) groups is 2. The van der Waals surface area contributed by atoms with E-state index < -0.39 is 11.8 Å². The van der Waals surface area contributed by atoms with Gasteiger partial charge in [0.2, 0.25) is 11.8 Å². The van der Waals surface area contributed by atoms with Gasteiger partial charge in [0.25, 0.3) is 0 Å². The zero-order valence-corrected chi connectivity index (χ0v) is 14.8. The summed E-state index contributed by atoms with van der Waals surface area (Å²) in [7, 11) is 1.56. The predicted molar refractivity (Wildman–Crippen MR) is 98.4 cm³/mol. The van der Waals surface area contributed by atoms with Crippen molar-refractivity contribution in [3.05, 3.63) is 58.1 Å². The van der Waals surface area contributed by atoms with E-state index in [1.54, 1.807) is 43.5 Å². The highest BCUT2D eigenvalue weighted by molar-refractivity contribution is 6.42. The predicted octanol–water partition coefficient (Wildman–Crippen LogP) is 3.48. The monoisotopic (exact) mass is 379 g/mol. The third kappa shape index (κ3) is 6.10. The fourth-order valence-electron chi connectivity index (χ4n) is 1.87. The van der Waals surface area contributed by atoms with Crippen molar-refractivity contribution in [2.24, 2.45) is 5.10 Å². The molecule has 0 saturated heterocycles. The average molecular weight is 380 g/mol. The van der Waals surface area contributed by atoms with Crippen LogP contribution in [0.3, 0.4) is 0 Å². The van der Waals surface area contributed by atoms with Crippen molar-refractivity contribution in [2.45, 2.75) is 6.42 Å². The highest BCUT2D eigenvalue weighted by atomic mass is 35.5. The molecular formula is C17H15Cl2N3O3. The molecule has 0 saturated carbocycles. The first-order valence-corrected chi connectivity index (χ1v) is 7.94. The van der Waals surface area contributed by atoms with Crippen LogP contribution in [0.1, 0.15) is 12.0 Å². The van der Waals surface area contributed by atoms with Crippen LogP contribution >= 0.6 is 23.2 Å². The summed E-state index contributed by atoms with van der Waals surface area (Å²) in [6.45, 7) is 0. The first-order valence-electron chi connectivity index (χ1n) is 7.19. The number of nitrogens with one attached hydrogen (secondary N) is 2. The molecular weight excluding hydrogens is 365 g/mol. The summed E-state index contributed by atoms with van der Waals surface area (Å²) in [6.07, 6.45) is 1.08. The number of anilines is 1. The Labute approximate surface area is 154 Å². The van der Waals surface area contributed by atoms with E-state index in [2.05, 4.69) is 15.8 Å². The lowest BCUT2D eigenvalue weighted by molar-refractivity contribution is -0.126. The summed E-state index contributed by atoms with van der Waals surface area (Å²) < 4.78 is 5.09. The van der Waals surface area contributed by atoms with E-state index in [9.17, 15) is 9.59 Å². The van der Waals surface area contributed by atoms with Gasteiger partial charge in [0, 0.05) is 5.69 Å². The first kappa shape index (κ1) is 18.8. The molecule has 0 aliphatic heterocycles. The Bertz CT molecular complexity index is 809. The Morgan fingerprint density at radius 2 is 1.92 bits per heavy atom. The molecule has 6 nitrogen and oxygen atoms in total. The van der Waals surface area contributed by atoms with Crippen LogP contribution in [0.15, 0.2) is 47.6 Å². The zero-order valence-electron chi connectivity index (χ0n) is 13.3. The maximum Gasteiger partial charge on any atom is 0.249 e. The molecule has 2 aromatic rings. The Hall–Kier alpha value is -2.57. The molecule has 0 spiro atoms. The average Bonchev–Trinajstić information content (AvgIpc) is 2.58. The highest BCUT2D eigenvalue weighted by Crippen LogP contribution is 2.25. The Morgan fingerprint density at radius 1 is 1.12 bits per heavy atom. The van der Waals surface area contributed by atoms with E-state index in [4.69, 9.17) is 27.9 Å². The third-order valence-corrected chi connectivity index (χ3v) is 3.76. The summed E-state index contributed by atoms with van der Waals surface area (Å²) in [4.78, 5) is 23.5. The van der Waals surface area contributed by atoms with Gasteiger partial charge in [-0.25, -0.2) is 5.43 Å². The summed E-state index contributed by atoms with van der Waals surface area (Å²) in [5.74, 6) is -0.361. The topological polar surface area (TPSA) is 79.8 Å². The molecule has 0 radical (unpaired) electrons. The van der Waals surface area contributed by atoms with E-state index in [0.717, 1.165) is 5.56 Å². The lowest BCUT2D eigenvalue weighted by Crippen LogP contribution is -2.24. The van der Waals surface area contributed by atoms with E-state index in [0.29, 0.717) is 21.5 Å². The maximum absolute atomic E-state index is 11.8. The summed E-state index contributed by atoms with van der Waals surface area (Å²) in [5.41, 5.74) is 3.49. The number of methoxy groups -OCH3 is 1. The second kappa shape index (κ2) is 9.05. The van der Waals surface area contributed by atoms with Crippen LogP contribution < -0.4 is 15.5 Å². The summed E-state index contributed by atoms with van der Waals surface area (Å²) in [5, 5.41) is 7.05. The van der Waals surface area contributed by atoms with Crippen molar-refractivity contribution >= 4 is 46.9 Å². The van der Waals surface area contributed by atoms with Crippen LogP contribution in [0.2, 0.25) is 10.0 Å². The van der Waals surface area contributed by atoms with E-state index in [1.165, 1.54) is 12.3 Å². The van der Waals surface area contributed by atoms with Gasteiger partial charge >= 0.3 is 0 Å². The fraction of sp³-hybridized carbons (Fsp3) is 0.118. The molecule has 0 atom stereocenters. The molecule has 2 rings (SSSR count). The SMILES string of the molecule is COc1cccc(C=NNC(=O)CC(=O)Nc2ccc(Cl)c(Cl)c2)c1. The van der Waals surface area contributed by atoms with E-state index in [1.807, 2.05) is 0 Å². The molecule has 130 valence electrons. The number of nitrogens with zero attached hydrogens (tertiary/aromatic N) is 1. The third-order valence-electron chi connectivity index (χ3n) is 3.02. The standard InChI is InChI=1S/C17H15Cl2N3O3/c1-25-13-4-2-3-11(7-13)10-20-22-17(24)9-16(23)21-12-5-6-14(18)15(19)8-12/h2-8,10H,9H2,1H3,(H,21,23)(H,22,24). The van der Waals surface area contributed by atoms with Crippen molar-refractivity contribution in [2.75, 3.05) is 12.4 Å². The largest absolute Gasteiger partial charge is 0.497 e. The number of hydrogen-bond acceptors (Lipinski definition) is 4. The molecule has 0 aliphatic rings. The van der Waals surface area contributed by atoms with Crippen LogP contribution in [-0.2, 0) is 9.59 Å². The number of hydrazone groups is 1.